The molecule has 0 saturated carbocycles. The number of pyridine rings is 1. The Hall–Kier alpha value is -3.17. The molecule has 0 N–H and O–H groups in total. The Balaban J connectivity index is 1.92. The third kappa shape index (κ3) is 3.17. The largest absolute Gasteiger partial charge is 0.268 e. The number of rotatable bonds is 3. The standard InChI is InChI=1S/C22H15ClN2O/c23-18-12-9-16(10-13-18)11-14-19-21(17-6-2-1-3-7-17)22(26)25-15-5-4-8-20(25)24-19/h1-15H. The van der Waals surface area contributed by atoms with Crippen LogP contribution in [0.25, 0.3) is 28.9 Å². The molecule has 4 rings (SSSR count). The van der Waals surface area contributed by atoms with Crippen molar-refractivity contribution in [2.75, 3.05) is 0 Å². The van der Waals surface area contributed by atoms with Crippen molar-refractivity contribution in [2.45, 2.75) is 0 Å². The summed E-state index contributed by atoms with van der Waals surface area (Å²) in [7, 11) is 0. The Morgan fingerprint density at radius 2 is 1.58 bits per heavy atom. The quantitative estimate of drug-likeness (QED) is 0.505. The summed E-state index contributed by atoms with van der Waals surface area (Å²) in [5.74, 6) is 0. The van der Waals surface area contributed by atoms with E-state index >= 15 is 0 Å². The minimum atomic E-state index is -0.0856. The molecule has 0 spiro atoms. The van der Waals surface area contributed by atoms with Crippen molar-refractivity contribution in [1.82, 2.24) is 9.38 Å². The maximum Gasteiger partial charge on any atom is 0.266 e. The normalized spacial score (nSPS) is 11.3. The third-order valence-corrected chi connectivity index (χ3v) is 4.38. The maximum atomic E-state index is 13.1. The molecular weight excluding hydrogens is 344 g/mol. The molecule has 0 bridgehead atoms. The highest BCUT2D eigenvalue weighted by molar-refractivity contribution is 6.30. The van der Waals surface area contributed by atoms with Gasteiger partial charge in [-0.05, 0) is 41.5 Å². The highest BCUT2D eigenvalue weighted by Gasteiger charge is 2.12. The number of hydrogen-bond acceptors (Lipinski definition) is 2. The zero-order chi connectivity index (χ0) is 17.9. The van der Waals surface area contributed by atoms with Crippen LogP contribution >= 0.6 is 11.6 Å². The smallest absolute Gasteiger partial charge is 0.266 e. The topological polar surface area (TPSA) is 34.4 Å². The molecule has 2 heterocycles. The summed E-state index contributed by atoms with van der Waals surface area (Å²) in [5, 5.41) is 0.689. The van der Waals surface area contributed by atoms with Gasteiger partial charge in [0, 0.05) is 11.2 Å². The van der Waals surface area contributed by atoms with Crippen LogP contribution in [-0.2, 0) is 0 Å². The van der Waals surface area contributed by atoms with E-state index < -0.39 is 0 Å². The monoisotopic (exact) mass is 358 g/mol. The van der Waals surface area contributed by atoms with Gasteiger partial charge in [0.25, 0.3) is 5.56 Å². The molecule has 3 nitrogen and oxygen atoms in total. The fourth-order valence-electron chi connectivity index (χ4n) is 2.85. The molecule has 26 heavy (non-hydrogen) atoms. The zero-order valence-electron chi connectivity index (χ0n) is 13.8. The van der Waals surface area contributed by atoms with Gasteiger partial charge in [-0.25, -0.2) is 4.98 Å². The lowest BCUT2D eigenvalue weighted by Gasteiger charge is -2.08. The molecule has 4 heteroatoms. The fourth-order valence-corrected chi connectivity index (χ4v) is 2.98. The highest BCUT2D eigenvalue weighted by Crippen LogP contribution is 2.21. The van der Waals surface area contributed by atoms with Crippen LogP contribution in [0, 0.1) is 0 Å². The summed E-state index contributed by atoms with van der Waals surface area (Å²) in [6.45, 7) is 0. The second-order valence-electron chi connectivity index (χ2n) is 5.86. The first-order valence-electron chi connectivity index (χ1n) is 8.23. The van der Waals surface area contributed by atoms with E-state index in [0.717, 1.165) is 11.1 Å². The van der Waals surface area contributed by atoms with Crippen LogP contribution in [0.4, 0.5) is 0 Å². The molecule has 0 aliphatic heterocycles. The van der Waals surface area contributed by atoms with Gasteiger partial charge in [-0.1, -0.05) is 66.2 Å². The molecule has 126 valence electrons. The Kier molecular flexibility index (Phi) is 4.38. The van der Waals surface area contributed by atoms with E-state index in [4.69, 9.17) is 16.6 Å². The summed E-state index contributed by atoms with van der Waals surface area (Å²) < 4.78 is 1.57. The van der Waals surface area contributed by atoms with Crippen molar-refractivity contribution < 1.29 is 0 Å². The number of nitrogens with zero attached hydrogens (tertiary/aromatic N) is 2. The van der Waals surface area contributed by atoms with Gasteiger partial charge in [0.1, 0.15) is 5.65 Å². The lowest BCUT2D eigenvalue weighted by Crippen LogP contribution is -2.18. The summed E-state index contributed by atoms with van der Waals surface area (Å²) in [6, 6.07) is 22.7. The molecular formula is C22H15ClN2O. The molecule has 0 aliphatic rings. The predicted molar refractivity (Wildman–Crippen MR) is 107 cm³/mol. The van der Waals surface area contributed by atoms with Gasteiger partial charge in [0.05, 0.1) is 11.3 Å². The number of hydrogen-bond donors (Lipinski definition) is 0. The summed E-state index contributed by atoms with van der Waals surface area (Å²) in [4.78, 5) is 17.8. The average molecular weight is 359 g/mol. The Morgan fingerprint density at radius 1 is 0.846 bits per heavy atom. The number of fused-ring (bicyclic) bond motifs is 1. The van der Waals surface area contributed by atoms with E-state index in [1.807, 2.05) is 84.9 Å². The number of benzene rings is 2. The van der Waals surface area contributed by atoms with Crippen molar-refractivity contribution in [3.63, 3.8) is 0 Å². The van der Waals surface area contributed by atoms with Crippen LogP contribution < -0.4 is 5.56 Å². The SMILES string of the molecule is O=c1c(-c2ccccc2)c(C=Cc2ccc(Cl)cc2)nc2ccccn12. The van der Waals surface area contributed by atoms with E-state index in [2.05, 4.69) is 0 Å². The molecule has 0 radical (unpaired) electrons. The van der Waals surface area contributed by atoms with Gasteiger partial charge in [-0.15, -0.1) is 0 Å². The van der Waals surface area contributed by atoms with Crippen LogP contribution in [-0.4, -0.2) is 9.38 Å². The van der Waals surface area contributed by atoms with Crippen molar-refractivity contribution in [3.8, 4) is 11.1 Å². The van der Waals surface area contributed by atoms with Gasteiger partial charge in [-0.2, -0.15) is 0 Å². The summed E-state index contributed by atoms with van der Waals surface area (Å²) in [5.41, 5.74) is 3.59. The Labute approximate surface area is 155 Å². The first-order chi connectivity index (χ1) is 12.7. The van der Waals surface area contributed by atoms with Crippen LogP contribution in [0.3, 0.4) is 0 Å². The van der Waals surface area contributed by atoms with Crippen LogP contribution in [0.1, 0.15) is 11.3 Å². The van der Waals surface area contributed by atoms with E-state index in [-0.39, 0.29) is 5.56 Å². The Morgan fingerprint density at radius 3 is 2.35 bits per heavy atom. The van der Waals surface area contributed by atoms with Gasteiger partial charge in [-0.3, -0.25) is 9.20 Å². The van der Waals surface area contributed by atoms with E-state index in [9.17, 15) is 4.79 Å². The lowest BCUT2D eigenvalue weighted by atomic mass is 10.0. The van der Waals surface area contributed by atoms with Gasteiger partial charge < -0.3 is 0 Å². The molecule has 2 aromatic heterocycles. The van der Waals surface area contributed by atoms with Crippen molar-refractivity contribution in [3.05, 3.63) is 106 Å². The second kappa shape index (κ2) is 6.98. The lowest BCUT2D eigenvalue weighted by molar-refractivity contribution is 1.04. The minimum absolute atomic E-state index is 0.0856. The molecule has 0 saturated heterocycles. The average Bonchev–Trinajstić information content (AvgIpc) is 2.68. The van der Waals surface area contributed by atoms with Crippen LogP contribution in [0.5, 0.6) is 0 Å². The minimum Gasteiger partial charge on any atom is -0.268 e. The van der Waals surface area contributed by atoms with Gasteiger partial charge in [0.2, 0.25) is 0 Å². The fraction of sp³-hybridized carbons (Fsp3) is 0. The van der Waals surface area contributed by atoms with E-state index in [1.165, 1.54) is 0 Å². The van der Waals surface area contributed by atoms with Crippen LogP contribution in [0.15, 0.2) is 83.8 Å². The first-order valence-corrected chi connectivity index (χ1v) is 8.61. The van der Waals surface area contributed by atoms with Crippen molar-refractivity contribution >= 4 is 29.4 Å². The predicted octanol–water partition coefficient (Wildman–Crippen LogP) is 5.19. The first kappa shape index (κ1) is 16.3. The molecule has 2 aromatic carbocycles. The maximum absolute atomic E-state index is 13.1. The molecule has 4 aromatic rings. The molecule has 0 amide bonds. The van der Waals surface area contributed by atoms with E-state index in [0.29, 0.717) is 21.9 Å². The zero-order valence-corrected chi connectivity index (χ0v) is 14.6. The van der Waals surface area contributed by atoms with E-state index in [1.54, 1.807) is 10.6 Å². The third-order valence-electron chi connectivity index (χ3n) is 4.13. The molecule has 0 aliphatic carbocycles. The van der Waals surface area contributed by atoms with Crippen molar-refractivity contribution in [2.24, 2.45) is 0 Å². The van der Waals surface area contributed by atoms with Gasteiger partial charge in [0.15, 0.2) is 0 Å². The van der Waals surface area contributed by atoms with Crippen molar-refractivity contribution in [1.29, 1.82) is 0 Å². The second-order valence-corrected chi connectivity index (χ2v) is 6.29. The molecule has 0 unspecified atom stereocenters. The Bertz CT molecular complexity index is 1150. The molecule has 0 fully saturated rings. The summed E-state index contributed by atoms with van der Waals surface area (Å²) >= 11 is 5.94. The van der Waals surface area contributed by atoms with Crippen LogP contribution in [0.2, 0.25) is 5.02 Å². The highest BCUT2D eigenvalue weighted by atomic mass is 35.5. The van der Waals surface area contributed by atoms with Gasteiger partial charge >= 0.3 is 0 Å². The molecule has 0 atom stereocenters. The summed E-state index contributed by atoms with van der Waals surface area (Å²) in [6.07, 6.45) is 5.55. The number of halogens is 1. The number of aromatic nitrogens is 2.